The van der Waals surface area contributed by atoms with E-state index in [4.69, 9.17) is 43.7 Å². The highest BCUT2D eigenvalue weighted by Crippen LogP contribution is 1.96. The van der Waals surface area contributed by atoms with E-state index < -0.39 is 42.6 Å². The van der Waals surface area contributed by atoms with Crippen molar-refractivity contribution < 1.29 is 39.2 Å². The average Bonchev–Trinajstić information content (AvgIpc) is 2.64. The third-order valence-corrected chi connectivity index (χ3v) is 2.38. The number of ether oxygens (including phenoxy) is 1. The quantitative estimate of drug-likeness (QED) is 0.0558. The molecule has 15 nitrogen and oxygen atoms in total. The summed E-state index contributed by atoms with van der Waals surface area (Å²) in [7, 11) is 0. The lowest BCUT2D eigenvalue weighted by molar-refractivity contribution is -0.159. The predicted octanol–water partition coefficient (Wildman–Crippen LogP) is -4.97. The van der Waals surface area contributed by atoms with Crippen molar-refractivity contribution >= 4 is 29.8 Å². The van der Waals surface area contributed by atoms with Crippen LogP contribution in [0.4, 0.5) is 0 Å². The van der Waals surface area contributed by atoms with Gasteiger partial charge in [0, 0.05) is 6.54 Å². The van der Waals surface area contributed by atoms with Gasteiger partial charge in [-0.2, -0.15) is 0 Å². The van der Waals surface area contributed by atoms with Crippen molar-refractivity contribution in [3.05, 3.63) is 0 Å². The van der Waals surface area contributed by atoms with Crippen molar-refractivity contribution in [3.63, 3.8) is 0 Å². The van der Waals surface area contributed by atoms with Gasteiger partial charge in [0.1, 0.15) is 12.1 Å². The Labute approximate surface area is 160 Å². The standard InChI is InChI=1S/C8H17N5O3.C3H7NO3.C2H5NO2/c9-4-6(14)16-7(15)5(10)2-1-3-13-8(11)12;4-2(1-5)3(6)7;3-1-2(4)5/h5H,1-4,9-10H2,(H4,11,12,13);2,5H,1,4H2,(H,6,7);1,3H2,(H,4,5)/t5-;2-;/m00./s1. The summed E-state index contributed by atoms with van der Waals surface area (Å²) in [5.74, 6) is -3.89. The van der Waals surface area contributed by atoms with Crippen LogP contribution in [0, 0.1) is 5.41 Å². The Hall–Kier alpha value is -2.85. The highest BCUT2D eigenvalue weighted by molar-refractivity contribution is 5.89. The Kier molecular flexibility index (Phi) is 20.2. The molecule has 0 saturated heterocycles. The Morgan fingerprint density at radius 2 is 1.54 bits per heavy atom. The third kappa shape index (κ3) is 23.1. The van der Waals surface area contributed by atoms with E-state index in [1.54, 1.807) is 0 Å². The monoisotopic (exact) mass is 411 g/mol. The van der Waals surface area contributed by atoms with Crippen molar-refractivity contribution in [2.75, 3.05) is 26.2 Å². The van der Waals surface area contributed by atoms with Crippen LogP contribution in [-0.2, 0) is 23.9 Å². The van der Waals surface area contributed by atoms with E-state index in [2.05, 4.69) is 15.8 Å². The van der Waals surface area contributed by atoms with E-state index in [0.29, 0.717) is 19.4 Å². The SMILES string of the molecule is N=C(N)NCCC[C@H](N)C(=O)OC(=O)CN.NCC(=O)O.N[C@@H](CO)C(=O)O. The summed E-state index contributed by atoms with van der Waals surface area (Å²) in [6.07, 6.45) is 0.865. The molecule has 15 N–H and O–H groups in total. The van der Waals surface area contributed by atoms with Crippen molar-refractivity contribution in [1.82, 2.24) is 5.32 Å². The molecule has 0 amide bonds. The summed E-state index contributed by atoms with van der Waals surface area (Å²) in [6.45, 7) is -0.708. The number of carbonyl (C=O) groups is 4. The second kappa shape index (κ2) is 18.9. The van der Waals surface area contributed by atoms with E-state index in [1.807, 2.05) is 0 Å². The lowest BCUT2D eigenvalue weighted by Gasteiger charge is -2.10. The Bertz CT molecular complexity index is 503. The molecule has 15 heteroatoms. The molecule has 0 aromatic heterocycles. The van der Waals surface area contributed by atoms with E-state index in [1.165, 1.54) is 0 Å². The minimum atomic E-state index is -1.18. The van der Waals surface area contributed by atoms with Gasteiger partial charge in [0.25, 0.3) is 0 Å². The molecule has 0 rings (SSSR count). The number of aliphatic carboxylic acids is 2. The number of carbonyl (C=O) groups excluding carboxylic acids is 2. The summed E-state index contributed by atoms with van der Waals surface area (Å²) in [5, 5.41) is 32.9. The van der Waals surface area contributed by atoms with Crippen LogP contribution in [0.3, 0.4) is 0 Å². The molecule has 0 radical (unpaired) electrons. The number of hydrogen-bond donors (Lipinski definition) is 10. The lowest BCUT2D eigenvalue weighted by atomic mass is 10.2. The van der Waals surface area contributed by atoms with Crippen LogP contribution in [0.15, 0.2) is 0 Å². The molecule has 0 aromatic carbocycles. The first-order chi connectivity index (χ1) is 12.9. The zero-order valence-corrected chi connectivity index (χ0v) is 15.2. The van der Waals surface area contributed by atoms with Gasteiger partial charge in [0.2, 0.25) is 0 Å². The van der Waals surface area contributed by atoms with Crippen LogP contribution in [-0.4, -0.2) is 83.5 Å². The summed E-state index contributed by atoms with van der Waals surface area (Å²) in [4.78, 5) is 40.7. The zero-order valence-electron chi connectivity index (χ0n) is 15.2. The topological polar surface area (TPSA) is 304 Å². The molecule has 0 fully saturated rings. The first-order valence-electron chi connectivity index (χ1n) is 7.71. The number of hydrogen-bond acceptors (Lipinski definition) is 11. The lowest BCUT2D eigenvalue weighted by Crippen LogP contribution is -2.37. The maximum absolute atomic E-state index is 11.1. The molecule has 0 bridgehead atoms. The van der Waals surface area contributed by atoms with Crippen molar-refractivity contribution in [2.24, 2.45) is 28.7 Å². The van der Waals surface area contributed by atoms with Gasteiger partial charge >= 0.3 is 23.9 Å². The first-order valence-corrected chi connectivity index (χ1v) is 7.71. The number of guanidine groups is 1. The van der Waals surface area contributed by atoms with E-state index in [0.717, 1.165) is 0 Å². The van der Waals surface area contributed by atoms with Gasteiger partial charge < -0.3 is 54.0 Å². The summed E-state index contributed by atoms with van der Waals surface area (Å²) >= 11 is 0. The summed E-state index contributed by atoms with van der Waals surface area (Å²) in [5.41, 5.74) is 24.8. The van der Waals surface area contributed by atoms with Gasteiger partial charge in [-0.25, -0.2) is 4.79 Å². The molecule has 2 atom stereocenters. The molecule has 0 aromatic rings. The second-order valence-electron chi connectivity index (χ2n) is 4.81. The maximum Gasteiger partial charge on any atom is 0.330 e. The van der Waals surface area contributed by atoms with Crippen LogP contribution < -0.4 is 34.0 Å². The molecule has 0 spiro atoms. The number of esters is 2. The van der Waals surface area contributed by atoms with E-state index in [9.17, 15) is 19.2 Å². The second-order valence-corrected chi connectivity index (χ2v) is 4.81. The minimum absolute atomic E-state index is 0.144. The fourth-order valence-corrected chi connectivity index (χ4v) is 0.971. The molecular weight excluding hydrogens is 382 g/mol. The highest BCUT2D eigenvalue weighted by atomic mass is 16.6. The van der Waals surface area contributed by atoms with Crippen LogP contribution >= 0.6 is 0 Å². The average molecular weight is 411 g/mol. The molecule has 28 heavy (non-hydrogen) atoms. The Morgan fingerprint density at radius 1 is 1.04 bits per heavy atom. The highest BCUT2D eigenvalue weighted by Gasteiger charge is 2.17. The van der Waals surface area contributed by atoms with Gasteiger partial charge in [-0.05, 0) is 12.8 Å². The predicted molar refractivity (Wildman–Crippen MR) is 96.7 cm³/mol. The van der Waals surface area contributed by atoms with E-state index >= 15 is 0 Å². The van der Waals surface area contributed by atoms with Crippen molar-refractivity contribution in [2.45, 2.75) is 24.9 Å². The van der Waals surface area contributed by atoms with Crippen LogP contribution in [0.1, 0.15) is 12.8 Å². The normalized spacial score (nSPS) is 11.3. The summed E-state index contributed by atoms with van der Waals surface area (Å²) in [6, 6.07) is -2.00. The molecule has 0 aliphatic rings. The molecule has 0 aliphatic heterocycles. The molecule has 0 saturated carbocycles. The minimum Gasteiger partial charge on any atom is -0.480 e. The number of carboxylic acids is 2. The number of nitrogens with two attached hydrogens (primary N) is 5. The van der Waals surface area contributed by atoms with Crippen molar-refractivity contribution in [3.8, 4) is 0 Å². The summed E-state index contributed by atoms with van der Waals surface area (Å²) < 4.78 is 4.32. The molecular formula is C13H29N7O8. The Balaban J connectivity index is -0.000000427. The zero-order chi connectivity index (χ0) is 22.7. The van der Waals surface area contributed by atoms with Gasteiger partial charge in [-0.15, -0.1) is 0 Å². The van der Waals surface area contributed by atoms with Crippen molar-refractivity contribution in [1.29, 1.82) is 5.41 Å². The van der Waals surface area contributed by atoms with Gasteiger partial charge in [-0.1, -0.05) is 0 Å². The molecule has 0 heterocycles. The van der Waals surface area contributed by atoms with E-state index in [-0.39, 0.29) is 19.0 Å². The Morgan fingerprint density at radius 3 is 1.82 bits per heavy atom. The van der Waals surface area contributed by atoms with Crippen LogP contribution in [0.5, 0.6) is 0 Å². The third-order valence-electron chi connectivity index (χ3n) is 2.38. The van der Waals surface area contributed by atoms with Crippen LogP contribution in [0.2, 0.25) is 0 Å². The molecule has 164 valence electrons. The fraction of sp³-hybridized carbons (Fsp3) is 0.615. The number of aliphatic hydroxyl groups is 1. The number of nitrogens with one attached hydrogen (secondary N) is 2. The molecule has 0 aliphatic carbocycles. The largest absolute Gasteiger partial charge is 0.480 e. The number of aliphatic hydroxyl groups excluding tert-OH is 1. The van der Waals surface area contributed by atoms with Gasteiger partial charge in [0.05, 0.1) is 19.7 Å². The smallest absolute Gasteiger partial charge is 0.330 e. The first kappa shape index (κ1) is 29.9. The number of rotatable bonds is 9. The van der Waals surface area contributed by atoms with Gasteiger partial charge in [0.15, 0.2) is 5.96 Å². The maximum atomic E-state index is 11.1. The molecule has 0 unspecified atom stereocenters. The van der Waals surface area contributed by atoms with Crippen LogP contribution in [0.25, 0.3) is 0 Å². The fourth-order valence-electron chi connectivity index (χ4n) is 0.971. The number of carboxylic acid groups (broad SMARTS) is 2. The van der Waals surface area contributed by atoms with Gasteiger partial charge in [-0.3, -0.25) is 19.8 Å².